The highest BCUT2D eigenvalue weighted by molar-refractivity contribution is 5.92. The second kappa shape index (κ2) is 9.36. The summed E-state index contributed by atoms with van der Waals surface area (Å²) < 4.78 is 5.45. The molecule has 8 heteroatoms. The van der Waals surface area contributed by atoms with Crippen molar-refractivity contribution in [1.82, 2.24) is 19.8 Å². The van der Waals surface area contributed by atoms with E-state index in [2.05, 4.69) is 25.1 Å². The van der Waals surface area contributed by atoms with Gasteiger partial charge in [0.1, 0.15) is 17.3 Å². The Morgan fingerprint density at radius 3 is 2.54 bits per heavy atom. The summed E-state index contributed by atoms with van der Waals surface area (Å²) in [6.45, 7) is 4.47. The summed E-state index contributed by atoms with van der Waals surface area (Å²) in [7, 11) is 5.71. The van der Waals surface area contributed by atoms with Gasteiger partial charge in [-0.3, -0.25) is 4.79 Å². The molecule has 8 nitrogen and oxygen atoms in total. The van der Waals surface area contributed by atoms with Gasteiger partial charge in [-0.2, -0.15) is 0 Å². The number of hydrogen-bond acceptors (Lipinski definition) is 7. The van der Waals surface area contributed by atoms with Crippen LogP contribution in [0.4, 0.5) is 11.5 Å². The maximum atomic E-state index is 12.7. The lowest BCUT2D eigenvalue weighted by molar-refractivity contribution is 0.0740. The number of ether oxygens (including phenoxy) is 1. The largest absolute Gasteiger partial charge is 0.495 e. The molecule has 150 valence electrons. The molecule has 1 amide bonds. The number of aromatic nitrogens is 2. The third kappa shape index (κ3) is 4.89. The summed E-state index contributed by atoms with van der Waals surface area (Å²) in [5, 5.41) is 3.20. The molecule has 0 saturated carbocycles. The highest BCUT2D eigenvalue weighted by Gasteiger charge is 2.24. The van der Waals surface area contributed by atoms with Gasteiger partial charge in [0.25, 0.3) is 5.91 Å². The van der Waals surface area contributed by atoms with E-state index in [-0.39, 0.29) is 5.91 Å². The molecule has 1 aromatic carbocycles. The van der Waals surface area contributed by atoms with E-state index in [9.17, 15) is 4.79 Å². The molecule has 2 aromatic rings. The first-order valence-electron chi connectivity index (χ1n) is 9.46. The number of benzene rings is 1. The number of rotatable bonds is 7. The van der Waals surface area contributed by atoms with Crippen molar-refractivity contribution in [3.8, 4) is 5.75 Å². The monoisotopic (exact) mass is 384 g/mol. The average Bonchev–Trinajstić information content (AvgIpc) is 2.73. The minimum Gasteiger partial charge on any atom is -0.495 e. The number of carbonyl (C=O) groups is 1. The van der Waals surface area contributed by atoms with Gasteiger partial charge in [-0.25, -0.2) is 9.97 Å². The fourth-order valence-electron chi connectivity index (χ4n) is 3.14. The Balaban J connectivity index is 1.55. The first-order valence-corrected chi connectivity index (χ1v) is 9.46. The van der Waals surface area contributed by atoms with Crippen LogP contribution in [0.3, 0.4) is 0 Å². The summed E-state index contributed by atoms with van der Waals surface area (Å²) >= 11 is 0. The average molecular weight is 384 g/mol. The molecule has 1 aromatic heterocycles. The third-order valence-electron chi connectivity index (χ3n) is 4.73. The maximum absolute atomic E-state index is 12.7. The van der Waals surface area contributed by atoms with Crippen LogP contribution >= 0.6 is 0 Å². The molecule has 1 N–H and O–H groups in total. The number of hydrogen-bond donors (Lipinski definition) is 1. The van der Waals surface area contributed by atoms with E-state index in [0.717, 1.165) is 37.6 Å². The van der Waals surface area contributed by atoms with Crippen molar-refractivity contribution in [2.75, 3.05) is 70.7 Å². The number of nitrogens with zero attached hydrogens (tertiary/aromatic N) is 5. The van der Waals surface area contributed by atoms with Gasteiger partial charge in [-0.05, 0) is 26.2 Å². The molecular formula is C20H28N6O2. The number of anilines is 2. The standard InChI is InChI=1S/C20H28N6O2/c1-24(2)9-8-21-19-15-22-16(14-23-19)20(27)26-12-10-25(11-13-26)17-6-4-5-7-18(17)28-3/h4-7,14-15H,8-13H2,1-3H3,(H,21,23). The Labute approximate surface area is 166 Å². The quantitative estimate of drug-likeness (QED) is 0.774. The van der Waals surface area contributed by atoms with Gasteiger partial charge >= 0.3 is 0 Å². The predicted molar refractivity (Wildman–Crippen MR) is 110 cm³/mol. The van der Waals surface area contributed by atoms with E-state index in [1.807, 2.05) is 43.3 Å². The van der Waals surface area contributed by atoms with E-state index in [1.54, 1.807) is 19.5 Å². The lowest BCUT2D eigenvalue weighted by atomic mass is 10.2. The van der Waals surface area contributed by atoms with E-state index < -0.39 is 0 Å². The van der Waals surface area contributed by atoms with Crippen LogP contribution in [0, 0.1) is 0 Å². The first-order chi connectivity index (χ1) is 13.6. The number of carbonyl (C=O) groups excluding carboxylic acids is 1. The molecule has 28 heavy (non-hydrogen) atoms. The number of likely N-dealkylation sites (N-methyl/N-ethyl adjacent to an activating group) is 1. The molecule has 2 heterocycles. The van der Waals surface area contributed by atoms with Crippen LogP contribution in [0.5, 0.6) is 5.75 Å². The van der Waals surface area contributed by atoms with Crippen LogP contribution < -0.4 is 15.0 Å². The summed E-state index contributed by atoms with van der Waals surface area (Å²) in [6.07, 6.45) is 3.17. The third-order valence-corrected chi connectivity index (χ3v) is 4.73. The van der Waals surface area contributed by atoms with Crippen LogP contribution in [0.2, 0.25) is 0 Å². The van der Waals surface area contributed by atoms with Crippen LogP contribution in [0.15, 0.2) is 36.7 Å². The molecule has 0 aliphatic carbocycles. The van der Waals surface area contributed by atoms with Crippen molar-refractivity contribution in [1.29, 1.82) is 0 Å². The molecule has 0 atom stereocenters. The number of piperazine rings is 1. The topological polar surface area (TPSA) is 73.8 Å². The smallest absolute Gasteiger partial charge is 0.274 e. The van der Waals surface area contributed by atoms with Gasteiger partial charge in [-0.15, -0.1) is 0 Å². The molecule has 1 aliphatic rings. The zero-order chi connectivity index (χ0) is 19.9. The SMILES string of the molecule is COc1ccccc1N1CCN(C(=O)c2cnc(NCCN(C)C)cn2)CC1. The molecule has 0 bridgehead atoms. The molecule has 0 spiro atoms. The fourth-order valence-corrected chi connectivity index (χ4v) is 3.14. The second-order valence-electron chi connectivity index (χ2n) is 6.97. The van der Waals surface area contributed by atoms with Crippen molar-refractivity contribution >= 4 is 17.4 Å². The number of nitrogens with one attached hydrogen (secondary N) is 1. The number of para-hydroxylation sites is 2. The Bertz CT molecular complexity index is 773. The number of methoxy groups -OCH3 is 1. The Hall–Kier alpha value is -2.87. The highest BCUT2D eigenvalue weighted by Crippen LogP contribution is 2.28. The van der Waals surface area contributed by atoms with Crippen molar-refractivity contribution < 1.29 is 9.53 Å². The molecular weight excluding hydrogens is 356 g/mol. The van der Waals surface area contributed by atoms with Crippen LogP contribution in [-0.2, 0) is 0 Å². The van der Waals surface area contributed by atoms with Crippen molar-refractivity contribution in [3.05, 3.63) is 42.4 Å². The zero-order valence-electron chi connectivity index (χ0n) is 16.8. The van der Waals surface area contributed by atoms with Crippen LogP contribution in [0.1, 0.15) is 10.5 Å². The Morgan fingerprint density at radius 1 is 1.14 bits per heavy atom. The second-order valence-corrected chi connectivity index (χ2v) is 6.97. The summed E-state index contributed by atoms with van der Waals surface area (Å²) in [5.74, 6) is 1.46. The minimum atomic E-state index is -0.0768. The van der Waals surface area contributed by atoms with E-state index in [0.29, 0.717) is 24.6 Å². The molecule has 3 rings (SSSR count). The highest BCUT2D eigenvalue weighted by atomic mass is 16.5. The van der Waals surface area contributed by atoms with Gasteiger partial charge in [0.2, 0.25) is 0 Å². The van der Waals surface area contributed by atoms with E-state index >= 15 is 0 Å². The van der Waals surface area contributed by atoms with Crippen LogP contribution in [0.25, 0.3) is 0 Å². The normalized spacial score (nSPS) is 14.3. The van der Waals surface area contributed by atoms with Crippen molar-refractivity contribution in [2.24, 2.45) is 0 Å². The molecule has 1 aliphatic heterocycles. The minimum absolute atomic E-state index is 0.0768. The van der Waals surface area contributed by atoms with Gasteiger partial charge in [0.15, 0.2) is 0 Å². The van der Waals surface area contributed by atoms with E-state index in [1.165, 1.54) is 0 Å². The first kappa shape index (κ1) is 19.9. The summed E-state index contributed by atoms with van der Waals surface area (Å²) in [5.41, 5.74) is 1.44. The fraction of sp³-hybridized carbons (Fsp3) is 0.450. The van der Waals surface area contributed by atoms with Crippen molar-refractivity contribution in [2.45, 2.75) is 0 Å². The van der Waals surface area contributed by atoms with Crippen molar-refractivity contribution in [3.63, 3.8) is 0 Å². The number of amides is 1. The summed E-state index contributed by atoms with van der Waals surface area (Å²) in [6, 6.07) is 7.96. The van der Waals surface area contributed by atoms with E-state index in [4.69, 9.17) is 4.74 Å². The lowest BCUT2D eigenvalue weighted by Crippen LogP contribution is -2.49. The molecule has 0 radical (unpaired) electrons. The zero-order valence-corrected chi connectivity index (χ0v) is 16.8. The molecule has 1 saturated heterocycles. The Kier molecular flexibility index (Phi) is 6.65. The van der Waals surface area contributed by atoms with Gasteiger partial charge < -0.3 is 24.8 Å². The van der Waals surface area contributed by atoms with Gasteiger partial charge in [-0.1, -0.05) is 12.1 Å². The lowest BCUT2D eigenvalue weighted by Gasteiger charge is -2.36. The maximum Gasteiger partial charge on any atom is 0.274 e. The van der Waals surface area contributed by atoms with Gasteiger partial charge in [0.05, 0.1) is 25.2 Å². The Morgan fingerprint density at radius 2 is 1.89 bits per heavy atom. The predicted octanol–water partition coefficient (Wildman–Crippen LogP) is 1.42. The molecule has 1 fully saturated rings. The molecule has 0 unspecified atom stereocenters. The summed E-state index contributed by atoms with van der Waals surface area (Å²) in [4.78, 5) is 27.5. The van der Waals surface area contributed by atoms with Gasteiger partial charge in [0, 0.05) is 39.3 Å². The van der Waals surface area contributed by atoms with Crippen LogP contribution in [-0.4, -0.2) is 86.1 Å².